The first kappa shape index (κ1) is 16.7. The number of rotatable bonds is 5. The van der Waals surface area contributed by atoms with Gasteiger partial charge in [0, 0.05) is 6.42 Å². The average Bonchev–Trinajstić information content (AvgIpc) is 2.42. The van der Waals surface area contributed by atoms with Crippen LogP contribution in [0.5, 0.6) is 0 Å². The molecule has 0 aliphatic heterocycles. The van der Waals surface area contributed by atoms with Crippen LogP contribution in [0.3, 0.4) is 0 Å². The summed E-state index contributed by atoms with van der Waals surface area (Å²) in [5.41, 5.74) is -0.864. The fraction of sp³-hybridized carbons (Fsp3) is 0.471. The zero-order valence-corrected chi connectivity index (χ0v) is 12.7. The predicted molar refractivity (Wildman–Crippen MR) is 79.0 cm³/mol. The van der Waals surface area contributed by atoms with Crippen molar-refractivity contribution in [2.45, 2.75) is 51.0 Å². The summed E-state index contributed by atoms with van der Waals surface area (Å²) in [6.45, 7) is 5.37. The van der Waals surface area contributed by atoms with Crippen LogP contribution in [0.15, 0.2) is 30.3 Å². The molecule has 4 heteroatoms. The molecule has 0 amide bonds. The number of hydrogen-bond donors (Lipinski definition) is 0. The Labute approximate surface area is 126 Å². The van der Waals surface area contributed by atoms with Crippen LogP contribution in [0.4, 0.5) is 0 Å². The lowest BCUT2D eigenvalue weighted by molar-refractivity contribution is -0.156. The lowest BCUT2D eigenvalue weighted by atomic mass is 9.75. The molecule has 0 spiro atoms. The molecule has 0 aliphatic carbocycles. The highest BCUT2D eigenvalue weighted by molar-refractivity contribution is 5.73. The van der Waals surface area contributed by atoms with E-state index < -0.39 is 17.0 Å². The second-order valence-electron chi connectivity index (χ2n) is 5.98. The maximum absolute atomic E-state index is 12.1. The standard InChI is InChI=1S/C17H20N2O2/c1-16(2,3)21-15(20)12-17(13-19,10-7-11-18)14-8-5-4-6-9-14/h4-6,8-9H,7,10,12H2,1-3H3. The molecule has 0 aromatic heterocycles. The van der Waals surface area contributed by atoms with Gasteiger partial charge in [0.2, 0.25) is 0 Å². The van der Waals surface area contributed by atoms with Crippen LogP contribution in [0.2, 0.25) is 0 Å². The molecule has 0 saturated heterocycles. The zero-order valence-electron chi connectivity index (χ0n) is 12.7. The van der Waals surface area contributed by atoms with Crippen LogP contribution >= 0.6 is 0 Å². The monoisotopic (exact) mass is 284 g/mol. The van der Waals surface area contributed by atoms with Gasteiger partial charge in [-0.1, -0.05) is 30.3 Å². The third-order valence-corrected chi connectivity index (χ3v) is 3.07. The van der Waals surface area contributed by atoms with E-state index in [1.54, 1.807) is 20.8 Å². The summed E-state index contributed by atoms with van der Waals surface area (Å²) in [6, 6.07) is 13.4. The molecule has 1 aromatic rings. The molecule has 0 aliphatic rings. The van der Waals surface area contributed by atoms with Gasteiger partial charge < -0.3 is 4.74 Å². The van der Waals surface area contributed by atoms with Crippen LogP contribution in [0.1, 0.15) is 45.6 Å². The van der Waals surface area contributed by atoms with Gasteiger partial charge in [-0.05, 0) is 32.8 Å². The van der Waals surface area contributed by atoms with Crippen molar-refractivity contribution < 1.29 is 9.53 Å². The number of esters is 1. The quantitative estimate of drug-likeness (QED) is 0.776. The molecule has 1 atom stereocenters. The summed E-state index contributed by atoms with van der Waals surface area (Å²) < 4.78 is 5.32. The minimum absolute atomic E-state index is 0.0491. The van der Waals surface area contributed by atoms with E-state index in [2.05, 4.69) is 6.07 Å². The minimum Gasteiger partial charge on any atom is -0.460 e. The SMILES string of the molecule is CC(C)(C)OC(=O)CC(C#N)(CCC#N)c1ccccc1. The van der Waals surface area contributed by atoms with E-state index in [1.807, 2.05) is 36.4 Å². The molecule has 4 nitrogen and oxygen atoms in total. The summed E-state index contributed by atoms with van der Waals surface area (Å²) in [7, 11) is 0. The second kappa shape index (κ2) is 6.90. The lowest BCUT2D eigenvalue weighted by Gasteiger charge is -2.27. The Bertz CT molecular complexity index is 561. The number of carbonyl (C=O) groups excluding carboxylic acids is 1. The summed E-state index contributed by atoms with van der Waals surface area (Å²) in [6.07, 6.45) is 0.473. The minimum atomic E-state index is -1.01. The Morgan fingerprint density at radius 3 is 2.29 bits per heavy atom. The van der Waals surface area contributed by atoms with Gasteiger partial charge >= 0.3 is 5.97 Å². The molecular weight excluding hydrogens is 264 g/mol. The fourth-order valence-electron chi connectivity index (χ4n) is 2.15. The highest BCUT2D eigenvalue weighted by atomic mass is 16.6. The Morgan fingerprint density at radius 1 is 1.19 bits per heavy atom. The first-order valence-electron chi connectivity index (χ1n) is 6.88. The van der Waals surface area contributed by atoms with Crippen molar-refractivity contribution in [2.75, 3.05) is 0 Å². The van der Waals surface area contributed by atoms with Crippen molar-refractivity contribution in [1.29, 1.82) is 10.5 Å². The van der Waals surface area contributed by atoms with Gasteiger partial charge in [-0.3, -0.25) is 4.79 Å². The van der Waals surface area contributed by atoms with E-state index >= 15 is 0 Å². The van der Waals surface area contributed by atoms with Crippen LogP contribution in [-0.4, -0.2) is 11.6 Å². The van der Waals surface area contributed by atoms with Gasteiger partial charge in [-0.15, -0.1) is 0 Å². The maximum atomic E-state index is 12.1. The smallest absolute Gasteiger partial charge is 0.308 e. The van der Waals surface area contributed by atoms with Gasteiger partial charge in [0.25, 0.3) is 0 Å². The zero-order chi connectivity index (χ0) is 15.9. The van der Waals surface area contributed by atoms with Gasteiger partial charge in [-0.2, -0.15) is 10.5 Å². The third kappa shape index (κ3) is 4.93. The van der Waals surface area contributed by atoms with E-state index in [4.69, 9.17) is 10.00 Å². The van der Waals surface area contributed by atoms with Crippen molar-refractivity contribution in [3.05, 3.63) is 35.9 Å². The number of nitrogens with zero attached hydrogens (tertiary/aromatic N) is 2. The molecule has 0 N–H and O–H groups in total. The first-order chi connectivity index (χ1) is 9.83. The first-order valence-corrected chi connectivity index (χ1v) is 6.88. The third-order valence-electron chi connectivity index (χ3n) is 3.07. The predicted octanol–water partition coefficient (Wildman–Crippen LogP) is 3.48. The Kier molecular flexibility index (Phi) is 5.50. The van der Waals surface area contributed by atoms with Gasteiger partial charge in [0.1, 0.15) is 5.60 Å². The molecule has 0 radical (unpaired) electrons. The van der Waals surface area contributed by atoms with Gasteiger partial charge in [-0.25, -0.2) is 0 Å². The molecule has 1 unspecified atom stereocenters. The Balaban J connectivity index is 3.06. The van der Waals surface area contributed by atoms with Crippen LogP contribution in [-0.2, 0) is 14.9 Å². The van der Waals surface area contributed by atoms with Crippen molar-refractivity contribution in [2.24, 2.45) is 0 Å². The topological polar surface area (TPSA) is 73.9 Å². The molecule has 1 rings (SSSR count). The lowest BCUT2D eigenvalue weighted by Crippen LogP contribution is -2.32. The summed E-state index contributed by atoms with van der Waals surface area (Å²) in [4.78, 5) is 12.1. The summed E-state index contributed by atoms with van der Waals surface area (Å²) >= 11 is 0. The number of ether oxygens (including phenoxy) is 1. The summed E-state index contributed by atoms with van der Waals surface area (Å²) in [5, 5.41) is 18.5. The number of nitriles is 2. The van der Waals surface area contributed by atoms with E-state index in [1.165, 1.54) is 0 Å². The molecule has 0 saturated carbocycles. The normalized spacial score (nSPS) is 13.6. The van der Waals surface area contributed by atoms with Crippen molar-refractivity contribution in [3.63, 3.8) is 0 Å². The molecule has 21 heavy (non-hydrogen) atoms. The maximum Gasteiger partial charge on any atom is 0.308 e. The van der Waals surface area contributed by atoms with Crippen molar-refractivity contribution in [3.8, 4) is 12.1 Å². The van der Waals surface area contributed by atoms with Crippen LogP contribution in [0, 0.1) is 22.7 Å². The van der Waals surface area contributed by atoms with Gasteiger partial charge in [0.05, 0.1) is 24.0 Å². The second-order valence-corrected chi connectivity index (χ2v) is 5.98. The summed E-state index contributed by atoms with van der Waals surface area (Å²) in [5.74, 6) is -0.425. The molecular formula is C17H20N2O2. The molecule has 110 valence electrons. The molecule has 0 fully saturated rings. The van der Waals surface area contributed by atoms with E-state index in [0.717, 1.165) is 5.56 Å². The highest BCUT2D eigenvalue weighted by Crippen LogP contribution is 2.33. The average molecular weight is 284 g/mol. The van der Waals surface area contributed by atoms with Gasteiger partial charge in [0.15, 0.2) is 0 Å². The number of benzene rings is 1. The fourth-order valence-corrected chi connectivity index (χ4v) is 2.15. The highest BCUT2D eigenvalue weighted by Gasteiger charge is 2.36. The van der Waals surface area contributed by atoms with Crippen LogP contribution < -0.4 is 0 Å². The molecule has 0 bridgehead atoms. The van der Waals surface area contributed by atoms with Crippen LogP contribution in [0.25, 0.3) is 0 Å². The van der Waals surface area contributed by atoms with E-state index in [0.29, 0.717) is 6.42 Å². The van der Waals surface area contributed by atoms with E-state index in [-0.39, 0.29) is 12.8 Å². The van der Waals surface area contributed by atoms with Crippen molar-refractivity contribution >= 4 is 5.97 Å². The number of carbonyl (C=O) groups is 1. The van der Waals surface area contributed by atoms with E-state index in [9.17, 15) is 10.1 Å². The largest absolute Gasteiger partial charge is 0.460 e. The van der Waals surface area contributed by atoms with Crippen molar-refractivity contribution in [1.82, 2.24) is 0 Å². The Hall–Kier alpha value is -2.33. The number of hydrogen-bond acceptors (Lipinski definition) is 4. The Morgan fingerprint density at radius 2 is 1.81 bits per heavy atom. The molecule has 0 heterocycles. The molecule has 1 aromatic carbocycles.